The van der Waals surface area contributed by atoms with Crippen LogP contribution in [0.3, 0.4) is 0 Å². The third-order valence-electron chi connectivity index (χ3n) is 4.35. The number of methoxy groups -OCH3 is 1. The topological polar surface area (TPSA) is 107 Å². The Morgan fingerprint density at radius 1 is 1.31 bits per heavy atom. The van der Waals surface area contributed by atoms with Gasteiger partial charge >= 0.3 is 12.0 Å². The van der Waals surface area contributed by atoms with Gasteiger partial charge in [0.05, 0.1) is 31.0 Å². The lowest BCUT2D eigenvalue weighted by molar-refractivity contribution is -0.139. The highest BCUT2D eigenvalue weighted by molar-refractivity contribution is 7.99. The predicted octanol–water partition coefficient (Wildman–Crippen LogP) is 2.28. The van der Waals surface area contributed by atoms with Gasteiger partial charge in [-0.15, -0.1) is 10.2 Å². The number of thioether (sulfide) groups is 1. The molecule has 0 spiro atoms. The van der Waals surface area contributed by atoms with Crippen LogP contribution in [-0.2, 0) is 9.53 Å². The van der Waals surface area contributed by atoms with Crippen LogP contribution in [0.4, 0.5) is 4.79 Å². The second kappa shape index (κ2) is 9.46. The van der Waals surface area contributed by atoms with E-state index in [9.17, 15) is 9.59 Å². The van der Waals surface area contributed by atoms with Crippen LogP contribution in [0.15, 0.2) is 47.0 Å². The Balaban J connectivity index is 1.89. The van der Waals surface area contributed by atoms with E-state index in [0.717, 1.165) is 5.69 Å². The van der Waals surface area contributed by atoms with Gasteiger partial charge in [0.1, 0.15) is 12.1 Å². The maximum absolute atomic E-state index is 12.5. The highest BCUT2D eigenvalue weighted by Crippen LogP contribution is 2.28. The van der Waals surface area contributed by atoms with Crippen molar-refractivity contribution in [3.63, 3.8) is 0 Å². The number of ether oxygens (including phenoxy) is 2. The van der Waals surface area contributed by atoms with E-state index in [1.165, 1.54) is 11.8 Å². The molecule has 9 nitrogen and oxygen atoms in total. The molecule has 154 valence electrons. The monoisotopic (exact) mass is 417 g/mol. The van der Waals surface area contributed by atoms with Crippen LogP contribution in [0.5, 0.6) is 5.75 Å². The molecule has 2 aromatic rings. The van der Waals surface area contributed by atoms with Gasteiger partial charge in [-0.1, -0.05) is 30.8 Å². The van der Waals surface area contributed by atoms with E-state index in [1.54, 1.807) is 24.9 Å². The van der Waals surface area contributed by atoms with E-state index < -0.39 is 12.0 Å². The molecule has 2 N–H and O–H groups in total. The Labute approximate surface area is 172 Å². The molecule has 0 bridgehead atoms. The van der Waals surface area contributed by atoms with Crippen molar-refractivity contribution in [1.82, 2.24) is 25.4 Å². The summed E-state index contributed by atoms with van der Waals surface area (Å²) in [5.74, 6) is 0.571. The predicted molar refractivity (Wildman–Crippen MR) is 108 cm³/mol. The molecule has 0 saturated heterocycles. The number of amides is 2. The Kier molecular flexibility index (Phi) is 6.76. The number of para-hydroxylation sites is 2. The number of hydrogen-bond acceptors (Lipinski definition) is 7. The Hall–Kier alpha value is -3.01. The van der Waals surface area contributed by atoms with Crippen molar-refractivity contribution in [2.75, 3.05) is 19.5 Å². The fourth-order valence-electron chi connectivity index (χ4n) is 3.03. The van der Waals surface area contributed by atoms with Gasteiger partial charge < -0.3 is 20.1 Å². The highest BCUT2D eigenvalue weighted by atomic mass is 32.2. The van der Waals surface area contributed by atoms with E-state index in [4.69, 9.17) is 9.47 Å². The van der Waals surface area contributed by atoms with E-state index in [-0.39, 0.29) is 12.6 Å². The number of carbonyl (C=O) groups is 2. The quantitative estimate of drug-likeness (QED) is 0.501. The summed E-state index contributed by atoms with van der Waals surface area (Å²) in [5, 5.41) is 14.3. The van der Waals surface area contributed by atoms with Crippen LogP contribution >= 0.6 is 11.8 Å². The number of nitrogens with one attached hydrogen (secondary N) is 2. The third kappa shape index (κ3) is 4.53. The normalized spacial score (nSPS) is 16.2. The smallest absolute Gasteiger partial charge is 0.337 e. The van der Waals surface area contributed by atoms with Gasteiger partial charge in [-0.25, -0.2) is 9.59 Å². The zero-order valence-electron chi connectivity index (χ0n) is 16.5. The Bertz CT molecular complexity index is 927. The molecule has 1 unspecified atom stereocenters. The number of urea groups is 1. The number of esters is 1. The molecule has 29 heavy (non-hydrogen) atoms. The number of nitrogens with zero attached hydrogens (tertiary/aromatic N) is 3. The summed E-state index contributed by atoms with van der Waals surface area (Å²) in [4.78, 5) is 24.5. The van der Waals surface area contributed by atoms with Crippen LogP contribution < -0.4 is 15.4 Å². The molecule has 10 heteroatoms. The maximum atomic E-state index is 12.5. The molecule has 1 aromatic carbocycles. The maximum Gasteiger partial charge on any atom is 0.337 e. The minimum Gasteiger partial charge on any atom is -0.495 e. The van der Waals surface area contributed by atoms with Crippen molar-refractivity contribution in [3.8, 4) is 11.4 Å². The molecule has 0 fully saturated rings. The first kappa shape index (κ1) is 20.7. The van der Waals surface area contributed by atoms with Gasteiger partial charge in [-0.2, -0.15) is 0 Å². The Morgan fingerprint density at radius 2 is 2.10 bits per heavy atom. The first-order valence-electron chi connectivity index (χ1n) is 9.22. The van der Waals surface area contributed by atoms with Crippen LogP contribution in [0.1, 0.15) is 20.3 Å². The summed E-state index contributed by atoms with van der Waals surface area (Å²) < 4.78 is 12.4. The number of benzene rings is 1. The second-order valence-electron chi connectivity index (χ2n) is 6.12. The van der Waals surface area contributed by atoms with Gasteiger partial charge in [-0.3, -0.25) is 4.57 Å². The summed E-state index contributed by atoms with van der Waals surface area (Å²) in [6, 6.07) is 6.79. The molecule has 0 saturated carbocycles. The van der Waals surface area contributed by atoms with Crippen molar-refractivity contribution in [3.05, 3.63) is 41.9 Å². The fraction of sp³-hybridized carbons (Fsp3) is 0.368. The second-order valence-corrected chi connectivity index (χ2v) is 7.06. The first-order chi connectivity index (χ1) is 14.1. The van der Waals surface area contributed by atoms with E-state index in [2.05, 4.69) is 20.8 Å². The van der Waals surface area contributed by atoms with E-state index in [0.29, 0.717) is 34.3 Å². The van der Waals surface area contributed by atoms with Crippen molar-refractivity contribution in [2.45, 2.75) is 31.5 Å². The molecule has 2 heterocycles. The van der Waals surface area contributed by atoms with Crippen LogP contribution in [-0.4, -0.2) is 52.3 Å². The third-order valence-corrected chi connectivity index (χ3v) is 5.32. The van der Waals surface area contributed by atoms with Gasteiger partial charge in [0.25, 0.3) is 0 Å². The SMILES string of the molecule is CCOC(=O)C1=C(CSc2nncn2-c2ccccc2OC)NC(=O)NC1CC. The average Bonchev–Trinajstić information content (AvgIpc) is 3.20. The molecule has 2 amide bonds. The number of aromatic nitrogens is 3. The van der Waals surface area contributed by atoms with Crippen molar-refractivity contribution >= 4 is 23.8 Å². The van der Waals surface area contributed by atoms with Crippen LogP contribution in [0.25, 0.3) is 5.69 Å². The van der Waals surface area contributed by atoms with E-state index >= 15 is 0 Å². The average molecular weight is 417 g/mol. The molecule has 1 aliphatic heterocycles. The lowest BCUT2D eigenvalue weighted by Gasteiger charge is -2.28. The summed E-state index contributed by atoms with van der Waals surface area (Å²) in [5.41, 5.74) is 1.74. The van der Waals surface area contributed by atoms with Crippen molar-refractivity contribution in [2.24, 2.45) is 0 Å². The number of carbonyl (C=O) groups excluding carboxylic acids is 2. The first-order valence-corrected chi connectivity index (χ1v) is 10.2. The van der Waals surface area contributed by atoms with E-state index in [1.807, 2.05) is 31.2 Å². The summed E-state index contributed by atoms with van der Waals surface area (Å²) in [6.07, 6.45) is 2.17. The largest absolute Gasteiger partial charge is 0.495 e. The minimum absolute atomic E-state index is 0.259. The molecule has 1 atom stereocenters. The standard InChI is InChI=1S/C19H23N5O4S/c1-4-12-16(17(25)28-5-2)13(22-18(26)21-12)10-29-19-23-20-11-24(19)14-8-6-7-9-15(14)27-3/h6-9,11-12H,4-5,10H2,1-3H3,(H2,21,22,26). The molecule has 0 aliphatic carbocycles. The zero-order chi connectivity index (χ0) is 20.8. The Morgan fingerprint density at radius 3 is 2.83 bits per heavy atom. The van der Waals surface area contributed by atoms with Gasteiger partial charge in [0.15, 0.2) is 5.16 Å². The molecule has 1 aromatic heterocycles. The molecular formula is C19H23N5O4S. The van der Waals surface area contributed by atoms with Crippen molar-refractivity contribution in [1.29, 1.82) is 0 Å². The van der Waals surface area contributed by atoms with Crippen LogP contribution in [0.2, 0.25) is 0 Å². The van der Waals surface area contributed by atoms with Gasteiger partial charge in [0.2, 0.25) is 0 Å². The lowest BCUT2D eigenvalue weighted by Crippen LogP contribution is -2.50. The van der Waals surface area contributed by atoms with Gasteiger partial charge in [-0.05, 0) is 25.5 Å². The van der Waals surface area contributed by atoms with Crippen molar-refractivity contribution < 1.29 is 19.1 Å². The molecule has 0 radical (unpaired) electrons. The molecule has 1 aliphatic rings. The number of hydrogen-bond donors (Lipinski definition) is 2. The summed E-state index contributed by atoms with van der Waals surface area (Å²) >= 11 is 1.35. The van der Waals surface area contributed by atoms with Gasteiger partial charge in [0, 0.05) is 11.4 Å². The molecule has 3 rings (SSSR count). The summed E-state index contributed by atoms with van der Waals surface area (Å²) in [7, 11) is 1.60. The summed E-state index contributed by atoms with van der Waals surface area (Å²) in [6.45, 7) is 3.91. The van der Waals surface area contributed by atoms with Crippen LogP contribution in [0, 0.1) is 0 Å². The fourth-order valence-corrected chi connectivity index (χ4v) is 3.92. The highest BCUT2D eigenvalue weighted by Gasteiger charge is 2.31. The zero-order valence-corrected chi connectivity index (χ0v) is 17.3. The minimum atomic E-state index is -0.436. The molecular weight excluding hydrogens is 394 g/mol. The lowest BCUT2D eigenvalue weighted by atomic mass is 10.0. The number of rotatable bonds is 8.